The molecular weight excluding hydrogens is 283 g/mol. The van der Waals surface area contributed by atoms with E-state index in [2.05, 4.69) is 0 Å². The van der Waals surface area contributed by atoms with Gasteiger partial charge in [0.2, 0.25) is 0 Å². The Balaban J connectivity index is 2.04. The van der Waals surface area contributed by atoms with Crippen molar-refractivity contribution in [2.75, 3.05) is 11.5 Å². The number of phenols is 2. The number of nitrogens with two attached hydrogens (primary N) is 2. The molecule has 0 bridgehead atoms. The quantitative estimate of drug-likeness (QED) is 0.386. The monoisotopic (exact) mass is 296 g/mol. The third-order valence-electron chi connectivity index (χ3n) is 2.40. The zero-order valence-electron chi connectivity index (χ0n) is 10.2. The fraction of sp³-hybridized carbons (Fsp3) is 0. The standard InChI is InChI=1S/C12H13N2O5P/c13-9-5-7(1-3-11(9)15)18-20(17)19-8-2-4-12(16)10(14)6-8/h1-6,15-16,20H,13-14H2. The van der Waals surface area contributed by atoms with Crippen LogP contribution in [0.2, 0.25) is 0 Å². The van der Waals surface area contributed by atoms with Gasteiger partial charge in [0.1, 0.15) is 23.0 Å². The van der Waals surface area contributed by atoms with Crippen LogP contribution in [0.1, 0.15) is 0 Å². The number of nitrogen functional groups attached to an aromatic ring is 2. The van der Waals surface area contributed by atoms with E-state index in [-0.39, 0.29) is 34.4 Å². The van der Waals surface area contributed by atoms with Crippen LogP contribution in [0.15, 0.2) is 36.4 Å². The van der Waals surface area contributed by atoms with E-state index in [4.69, 9.17) is 20.5 Å². The average molecular weight is 296 g/mol. The summed E-state index contributed by atoms with van der Waals surface area (Å²) in [6.07, 6.45) is 0. The molecule has 2 rings (SSSR count). The molecule has 0 amide bonds. The number of benzene rings is 2. The van der Waals surface area contributed by atoms with Crippen LogP contribution in [0.4, 0.5) is 11.4 Å². The van der Waals surface area contributed by atoms with Crippen molar-refractivity contribution in [2.45, 2.75) is 0 Å². The minimum Gasteiger partial charge on any atom is -0.506 e. The first-order valence-electron chi connectivity index (χ1n) is 5.52. The van der Waals surface area contributed by atoms with Crippen LogP contribution in [-0.4, -0.2) is 10.2 Å². The van der Waals surface area contributed by atoms with Crippen molar-refractivity contribution < 1.29 is 23.8 Å². The molecule has 7 nitrogen and oxygen atoms in total. The molecule has 20 heavy (non-hydrogen) atoms. The maximum Gasteiger partial charge on any atom is 0.418 e. The number of phenolic OH excluding ortho intramolecular Hbond substituents is 2. The highest BCUT2D eigenvalue weighted by molar-refractivity contribution is 7.34. The van der Waals surface area contributed by atoms with Crippen molar-refractivity contribution in [2.24, 2.45) is 0 Å². The van der Waals surface area contributed by atoms with Crippen molar-refractivity contribution in [3.05, 3.63) is 36.4 Å². The third-order valence-corrected chi connectivity index (χ3v) is 3.21. The van der Waals surface area contributed by atoms with Gasteiger partial charge in [0.15, 0.2) is 0 Å². The molecule has 106 valence electrons. The summed E-state index contributed by atoms with van der Waals surface area (Å²) in [4.78, 5) is 0. The number of anilines is 2. The van der Waals surface area contributed by atoms with E-state index in [1.807, 2.05) is 0 Å². The summed E-state index contributed by atoms with van der Waals surface area (Å²) in [5.74, 6) is 0.223. The Bertz CT molecular complexity index is 607. The third kappa shape index (κ3) is 3.27. The number of hydrogen-bond acceptors (Lipinski definition) is 7. The van der Waals surface area contributed by atoms with Gasteiger partial charge in [0, 0.05) is 12.1 Å². The van der Waals surface area contributed by atoms with E-state index >= 15 is 0 Å². The molecule has 0 atom stereocenters. The van der Waals surface area contributed by atoms with E-state index < -0.39 is 8.25 Å². The van der Waals surface area contributed by atoms with Crippen LogP contribution >= 0.6 is 8.25 Å². The molecule has 0 aliphatic rings. The Morgan fingerprint density at radius 3 is 1.60 bits per heavy atom. The van der Waals surface area contributed by atoms with Crippen molar-refractivity contribution >= 4 is 19.6 Å². The zero-order valence-corrected chi connectivity index (χ0v) is 11.2. The number of aromatic hydroxyl groups is 2. The van der Waals surface area contributed by atoms with Gasteiger partial charge in [0.25, 0.3) is 0 Å². The van der Waals surface area contributed by atoms with E-state index in [9.17, 15) is 14.8 Å². The fourth-order valence-electron chi connectivity index (χ4n) is 1.41. The lowest BCUT2D eigenvalue weighted by Crippen LogP contribution is -1.92. The highest BCUT2D eigenvalue weighted by Gasteiger charge is 2.07. The van der Waals surface area contributed by atoms with Gasteiger partial charge in [-0.05, 0) is 24.3 Å². The molecule has 8 heteroatoms. The molecule has 0 aromatic heterocycles. The van der Waals surface area contributed by atoms with Crippen LogP contribution in [-0.2, 0) is 4.57 Å². The van der Waals surface area contributed by atoms with Gasteiger partial charge in [-0.25, -0.2) is 4.57 Å². The number of rotatable bonds is 4. The molecule has 0 saturated carbocycles. The lowest BCUT2D eigenvalue weighted by atomic mass is 10.3. The highest BCUT2D eigenvalue weighted by atomic mass is 31.1. The lowest BCUT2D eigenvalue weighted by Gasteiger charge is -2.09. The zero-order chi connectivity index (χ0) is 14.7. The van der Waals surface area contributed by atoms with Gasteiger partial charge in [0.05, 0.1) is 11.4 Å². The summed E-state index contributed by atoms with van der Waals surface area (Å²) in [5.41, 5.74) is 11.2. The summed E-state index contributed by atoms with van der Waals surface area (Å²) in [5, 5.41) is 18.5. The largest absolute Gasteiger partial charge is 0.506 e. The summed E-state index contributed by atoms with van der Waals surface area (Å²) in [6, 6.07) is 8.10. The second-order valence-electron chi connectivity index (χ2n) is 3.90. The summed E-state index contributed by atoms with van der Waals surface area (Å²) < 4.78 is 21.8. The van der Waals surface area contributed by atoms with Crippen LogP contribution in [0.25, 0.3) is 0 Å². The normalized spacial score (nSPS) is 10.4. The molecule has 0 fully saturated rings. The maximum atomic E-state index is 11.7. The van der Waals surface area contributed by atoms with Crippen molar-refractivity contribution in [3.63, 3.8) is 0 Å². The molecule has 2 aromatic rings. The molecule has 0 saturated heterocycles. The van der Waals surface area contributed by atoms with Gasteiger partial charge in [-0.3, -0.25) is 0 Å². The van der Waals surface area contributed by atoms with Crippen molar-refractivity contribution in [3.8, 4) is 23.0 Å². The van der Waals surface area contributed by atoms with Gasteiger partial charge >= 0.3 is 8.25 Å². The second kappa shape index (κ2) is 5.63. The van der Waals surface area contributed by atoms with Gasteiger partial charge < -0.3 is 30.7 Å². The Kier molecular flexibility index (Phi) is 3.91. The van der Waals surface area contributed by atoms with Gasteiger partial charge in [-0.15, -0.1) is 0 Å². The van der Waals surface area contributed by atoms with Crippen LogP contribution in [0.3, 0.4) is 0 Å². The van der Waals surface area contributed by atoms with Crippen molar-refractivity contribution in [1.82, 2.24) is 0 Å². The topological polar surface area (TPSA) is 128 Å². The molecule has 0 aliphatic carbocycles. The Morgan fingerprint density at radius 2 is 1.25 bits per heavy atom. The Labute approximate surface area is 115 Å². The van der Waals surface area contributed by atoms with Gasteiger partial charge in [-0.1, -0.05) is 0 Å². The minimum atomic E-state index is -2.88. The van der Waals surface area contributed by atoms with E-state index in [1.165, 1.54) is 36.4 Å². The first-order chi connectivity index (χ1) is 9.45. The van der Waals surface area contributed by atoms with Crippen molar-refractivity contribution in [1.29, 1.82) is 0 Å². The molecule has 2 aromatic carbocycles. The minimum absolute atomic E-state index is 0.0933. The first kappa shape index (κ1) is 13.9. The summed E-state index contributed by atoms with van der Waals surface area (Å²) in [7, 11) is -2.88. The highest BCUT2D eigenvalue weighted by Crippen LogP contribution is 2.35. The Morgan fingerprint density at radius 1 is 0.850 bits per heavy atom. The molecular formula is C12H13N2O5P. The average Bonchev–Trinajstić information content (AvgIpc) is 2.38. The van der Waals surface area contributed by atoms with Crippen LogP contribution < -0.4 is 20.5 Å². The predicted molar refractivity (Wildman–Crippen MR) is 75.3 cm³/mol. The molecule has 0 heterocycles. The number of hydrogen-bond donors (Lipinski definition) is 4. The van der Waals surface area contributed by atoms with E-state index in [0.29, 0.717) is 0 Å². The predicted octanol–water partition coefficient (Wildman–Crippen LogP) is 2.11. The van der Waals surface area contributed by atoms with Gasteiger partial charge in [-0.2, -0.15) is 0 Å². The van der Waals surface area contributed by atoms with Crippen LogP contribution in [0.5, 0.6) is 23.0 Å². The molecule has 0 aliphatic heterocycles. The van der Waals surface area contributed by atoms with Crippen LogP contribution in [0, 0.1) is 0 Å². The summed E-state index contributed by atoms with van der Waals surface area (Å²) in [6.45, 7) is 0. The molecule has 6 N–H and O–H groups in total. The second-order valence-corrected chi connectivity index (χ2v) is 4.80. The summed E-state index contributed by atoms with van der Waals surface area (Å²) >= 11 is 0. The first-order valence-corrected chi connectivity index (χ1v) is 6.75. The van der Waals surface area contributed by atoms with E-state index in [1.54, 1.807) is 0 Å². The maximum absolute atomic E-state index is 11.7. The molecule has 0 spiro atoms. The SMILES string of the molecule is Nc1cc(O[PH](=O)Oc2ccc(O)c(N)c2)ccc1O. The Hall–Kier alpha value is -2.53. The molecule has 0 radical (unpaired) electrons. The smallest absolute Gasteiger partial charge is 0.418 e. The molecule has 0 unspecified atom stereocenters. The lowest BCUT2D eigenvalue weighted by molar-refractivity contribution is 0.414. The van der Waals surface area contributed by atoms with E-state index in [0.717, 1.165) is 0 Å². The fourth-order valence-corrected chi connectivity index (χ4v) is 2.09.